The van der Waals surface area contributed by atoms with Gasteiger partial charge in [0.1, 0.15) is 0 Å². The van der Waals surface area contributed by atoms with Gasteiger partial charge in [-0.1, -0.05) is 80.6 Å². The van der Waals surface area contributed by atoms with E-state index in [-0.39, 0.29) is 5.41 Å². The SMILES string of the molecule is CC(C)(C1=CCC=C1)C1=c2ccccc2=C2C=CC=CC21. The fourth-order valence-electron chi connectivity index (χ4n) is 3.99. The predicted molar refractivity (Wildman–Crippen MR) is 89.9 cm³/mol. The molecular weight excluding hydrogens is 252 g/mol. The van der Waals surface area contributed by atoms with E-state index in [0.717, 1.165) is 6.42 Å². The minimum Gasteiger partial charge on any atom is -0.0804 e. The van der Waals surface area contributed by atoms with Gasteiger partial charge in [-0.3, -0.25) is 0 Å². The topological polar surface area (TPSA) is 0 Å². The Labute approximate surface area is 126 Å². The normalized spacial score (nSPS) is 22.6. The van der Waals surface area contributed by atoms with Crippen LogP contribution >= 0.6 is 0 Å². The minimum atomic E-state index is 0.0744. The Hall–Kier alpha value is -2.08. The molecule has 0 spiro atoms. The molecular formula is C21H20. The summed E-state index contributed by atoms with van der Waals surface area (Å²) in [6, 6.07) is 8.88. The maximum absolute atomic E-state index is 2.37. The van der Waals surface area contributed by atoms with Crippen molar-refractivity contribution in [2.75, 3.05) is 0 Å². The number of hydrogen-bond donors (Lipinski definition) is 0. The minimum absolute atomic E-state index is 0.0744. The van der Waals surface area contributed by atoms with E-state index in [4.69, 9.17) is 0 Å². The first-order valence-corrected chi connectivity index (χ1v) is 7.75. The van der Waals surface area contributed by atoms with E-state index < -0.39 is 0 Å². The second kappa shape index (κ2) is 4.46. The maximum Gasteiger partial charge on any atom is 0.0255 e. The van der Waals surface area contributed by atoms with Crippen LogP contribution in [0.4, 0.5) is 0 Å². The third-order valence-corrected chi connectivity index (χ3v) is 5.03. The standard InChI is InChI=1S/C21H20/c1-21(2,15-9-3-4-10-15)20-18-13-7-5-11-16(18)17-12-6-8-14-19(17)20/h3,5-14,18H,4H2,1-2H3. The quantitative estimate of drug-likeness (QED) is 0.771. The average Bonchev–Trinajstić information content (AvgIpc) is 3.14. The molecule has 104 valence electrons. The molecule has 0 bridgehead atoms. The van der Waals surface area contributed by atoms with E-state index in [9.17, 15) is 0 Å². The van der Waals surface area contributed by atoms with Crippen molar-refractivity contribution in [2.45, 2.75) is 20.3 Å². The van der Waals surface area contributed by atoms with Crippen LogP contribution in [-0.4, -0.2) is 0 Å². The largest absolute Gasteiger partial charge is 0.0804 e. The van der Waals surface area contributed by atoms with Gasteiger partial charge < -0.3 is 0 Å². The van der Waals surface area contributed by atoms with Gasteiger partial charge in [0.15, 0.2) is 0 Å². The first-order valence-electron chi connectivity index (χ1n) is 7.75. The predicted octanol–water partition coefficient (Wildman–Crippen LogP) is 3.66. The van der Waals surface area contributed by atoms with Crippen molar-refractivity contribution >= 4 is 11.1 Å². The Morgan fingerprint density at radius 1 is 1.00 bits per heavy atom. The van der Waals surface area contributed by atoms with Gasteiger partial charge in [0.25, 0.3) is 0 Å². The van der Waals surface area contributed by atoms with E-state index in [1.54, 1.807) is 5.57 Å². The van der Waals surface area contributed by atoms with Crippen molar-refractivity contribution in [1.29, 1.82) is 0 Å². The average molecular weight is 272 g/mol. The molecule has 0 aliphatic heterocycles. The molecule has 3 aliphatic rings. The lowest BCUT2D eigenvalue weighted by Crippen LogP contribution is -2.29. The second-order valence-electron chi connectivity index (χ2n) is 6.56. The van der Waals surface area contributed by atoms with Crippen LogP contribution in [-0.2, 0) is 0 Å². The number of hydrogen-bond acceptors (Lipinski definition) is 0. The van der Waals surface area contributed by atoms with Gasteiger partial charge in [0.05, 0.1) is 0 Å². The zero-order valence-corrected chi connectivity index (χ0v) is 12.6. The molecule has 0 radical (unpaired) electrons. The van der Waals surface area contributed by atoms with Crippen molar-refractivity contribution in [3.63, 3.8) is 0 Å². The van der Waals surface area contributed by atoms with E-state index >= 15 is 0 Å². The van der Waals surface area contributed by atoms with E-state index in [0.29, 0.717) is 5.92 Å². The molecule has 0 N–H and O–H groups in total. The Bertz CT molecular complexity index is 838. The number of rotatable bonds is 2. The Balaban J connectivity index is 2.04. The number of fused-ring (bicyclic) bond motifs is 2. The molecule has 21 heavy (non-hydrogen) atoms. The van der Waals surface area contributed by atoms with Crippen LogP contribution in [0.2, 0.25) is 0 Å². The highest BCUT2D eigenvalue weighted by molar-refractivity contribution is 5.83. The number of benzene rings is 1. The van der Waals surface area contributed by atoms with Crippen LogP contribution < -0.4 is 10.4 Å². The van der Waals surface area contributed by atoms with Gasteiger partial charge >= 0.3 is 0 Å². The smallest absolute Gasteiger partial charge is 0.0255 e. The van der Waals surface area contributed by atoms with Gasteiger partial charge in [0.2, 0.25) is 0 Å². The second-order valence-corrected chi connectivity index (χ2v) is 6.56. The van der Waals surface area contributed by atoms with Gasteiger partial charge in [-0.25, -0.2) is 0 Å². The zero-order chi connectivity index (χ0) is 14.4. The Morgan fingerprint density at radius 3 is 2.57 bits per heavy atom. The summed E-state index contributed by atoms with van der Waals surface area (Å²) in [5.41, 5.74) is 4.53. The molecule has 0 heteroatoms. The van der Waals surface area contributed by atoms with E-state index in [1.165, 1.54) is 21.6 Å². The first kappa shape index (κ1) is 12.6. The lowest BCUT2D eigenvalue weighted by atomic mass is 9.71. The molecule has 1 atom stereocenters. The highest BCUT2D eigenvalue weighted by Gasteiger charge is 2.36. The van der Waals surface area contributed by atoms with Crippen molar-refractivity contribution in [3.05, 3.63) is 82.8 Å². The van der Waals surface area contributed by atoms with Crippen molar-refractivity contribution in [1.82, 2.24) is 0 Å². The van der Waals surface area contributed by atoms with Gasteiger partial charge in [0, 0.05) is 11.3 Å². The van der Waals surface area contributed by atoms with E-state index in [2.05, 4.69) is 80.6 Å². The molecule has 0 nitrogen and oxygen atoms in total. The Morgan fingerprint density at radius 2 is 1.81 bits per heavy atom. The molecule has 0 aromatic heterocycles. The maximum atomic E-state index is 2.37. The fourth-order valence-corrected chi connectivity index (χ4v) is 3.99. The van der Waals surface area contributed by atoms with Gasteiger partial charge in [-0.2, -0.15) is 0 Å². The van der Waals surface area contributed by atoms with Crippen molar-refractivity contribution < 1.29 is 0 Å². The van der Waals surface area contributed by atoms with Gasteiger partial charge in [-0.15, -0.1) is 0 Å². The third kappa shape index (κ3) is 1.75. The zero-order valence-electron chi connectivity index (χ0n) is 12.6. The third-order valence-electron chi connectivity index (χ3n) is 5.03. The molecule has 0 saturated carbocycles. The van der Waals surface area contributed by atoms with Crippen molar-refractivity contribution in [2.24, 2.45) is 11.3 Å². The summed E-state index contributed by atoms with van der Waals surface area (Å²) >= 11 is 0. The number of allylic oxidation sites excluding steroid dienone is 8. The molecule has 3 aliphatic carbocycles. The highest BCUT2D eigenvalue weighted by Crippen LogP contribution is 2.46. The summed E-state index contributed by atoms with van der Waals surface area (Å²) in [6.07, 6.45) is 17.0. The van der Waals surface area contributed by atoms with E-state index in [1.807, 2.05) is 0 Å². The monoisotopic (exact) mass is 272 g/mol. The van der Waals surface area contributed by atoms with Crippen LogP contribution in [0.5, 0.6) is 0 Å². The molecule has 0 saturated heterocycles. The fraction of sp³-hybridized carbons (Fsp3) is 0.238. The molecule has 1 aromatic carbocycles. The molecule has 0 amide bonds. The molecule has 0 fully saturated rings. The van der Waals surface area contributed by atoms with Crippen LogP contribution in [0.3, 0.4) is 0 Å². The molecule has 0 heterocycles. The van der Waals surface area contributed by atoms with Crippen LogP contribution in [0.15, 0.2) is 72.4 Å². The molecule has 4 rings (SSSR count). The van der Waals surface area contributed by atoms with Crippen LogP contribution in [0, 0.1) is 11.3 Å². The van der Waals surface area contributed by atoms with Gasteiger partial charge in [-0.05, 0) is 33.6 Å². The van der Waals surface area contributed by atoms with Crippen LogP contribution in [0.1, 0.15) is 20.3 Å². The highest BCUT2D eigenvalue weighted by atomic mass is 14.4. The Kier molecular flexibility index (Phi) is 2.68. The summed E-state index contributed by atoms with van der Waals surface area (Å²) in [4.78, 5) is 0. The van der Waals surface area contributed by atoms with Crippen molar-refractivity contribution in [3.8, 4) is 0 Å². The lowest BCUT2D eigenvalue weighted by Gasteiger charge is -2.32. The lowest BCUT2D eigenvalue weighted by molar-refractivity contribution is 0.590. The summed E-state index contributed by atoms with van der Waals surface area (Å²) in [6.45, 7) is 4.74. The van der Waals surface area contributed by atoms with Crippen LogP contribution in [0.25, 0.3) is 11.1 Å². The summed E-state index contributed by atoms with van der Waals surface area (Å²) < 4.78 is 0. The summed E-state index contributed by atoms with van der Waals surface area (Å²) in [5.74, 6) is 0.428. The summed E-state index contributed by atoms with van der Waals surface area (Å²) in [7, 11) is 0. The first-order chi connectivity index (χ1) is 10.2. The summed E-state index contributed by atoms with van der Waals surface area (Å²) in [5, 5.41) is 2.84. The molecule has 1 aromatic rings. The molecule has 1 unspecified atom stereocenters.